The van der Waals surface area contributed by atoms with Crippen molar-refractivity contribution >= 4 is 40.2 Å². The van der Waals surface area contributed by atoms with Crippen molar-refractivity contribution in [1.82, 2.24) is 20.4 Å². The molecule has 2 N–H and O–H groups in total. The maximum absolute atomic E-state index is 12.2. The third-order valence-corrected chi connectivity index (χ3v) is 5.53. The fourth-order valence-corrected chi connectivity index (χ4v) is 3.91. The summed E-state index contributed by atoms with van der Waals surface area (Å²) in [6.07, 6.45) is 2.15. The fraction of sp³-hybridized carbons (Fsp3) is 0.733. The van der Waals surface area contributed by atoms with Gasteiger partial charge in [-0.25, -0.2) is 4.79 Å². The molecule has 7 nitrogen and oxygen atoms in total. The molecule has 1 aliphatic rings. The highest BCUT2D eigenvalue weighted by Gasteiger charge is 2.21. The van der Waals surface area contributed by atoms with E-state index in [0.29, 0.717) is 21.1 Å². The Bertz CT molecular complexity index is 577. The molecule has 1 saturated heterocycles. The molecular formula is C15H25N5O2S2. The lowest BCUT2D eigenvalue weighted by Crippen LogP contribution is -2.43. The van der Waals surface area contributed by atoms with Gasteiger partial charge in [-0.1, -0.05) is 30.0 Å². The Balaban J connectivity index is 1.77. The van der Waals surface area contributed by atoms with Crippen LogP contribution < -0.4 is 10.6 Å². The highest BCUT2D eigenvalue weighted by atomic mass is 32.2. The summed E-state index contributed by atoms with van der Waals surface area (Å²) in [5.41, 5.74) is -0.315. The zero-order valence-electron chi connectivity index (χ0n) is 14.6. The van der Waals surface area contributed by atoms with Gasteiger partial charge in [-0.05, 0) is 39.5 Å². The number of carbonyl (C=O) groups is 2. The van der Waals surface area contributed by atoms with E-state index in [9.17, 15) is 9.59 Å². The van der Waals surface area contributed by atoms with Crippen LogP contribution in [0.1, 0.15) is 40.5 Å². The van der Waals surface area contributed by atoms with Crippen molar-refractivity contribution in [2.75, 3.05) is 24.2 Å². The third kappa shape index (κ3) is 6.27. The minimum Gasteiger partial charge on any atom is -0.342 e. The van der Waals surface area contributed by atoms with E-state index < -0.39 is 0 Å². The molecule has 0 saturated carbocycles. The summed E-state index contributed by atoms with van der Waals surface area (Å²) < 4.78 is 0.680. The molecule has 1 aromatic rings. The minimum atomic E-state index is -0.315. The van der Waals surface area contributed by atoms with Crippen molar-refractivity contribution in [3.63, 3.8) is 0 Å². The number of nitrogens with one attached hydrogen (secondary N) is 2. The van der Waals surface area contributed by atoms with Gasteiger partial charge in [-0.2, -0.15) is 0 Å². The summed E-state index contributed by atoms with van der Waals surface area (Å²) in [5, 5.41) is 13.8. The van der Waals surface area contributed by atoms with Gasteiger partial charge in [-0.3, -0.25) is 10.1 Å². The smallest absolute Gasteiger partial charge is 0.321 e. The van der Waals surface area contributed by atoms with E-state index >= 15 is 0 Å². The molecule has 24 heavy (non-hydrogen) atoms. The average Bonchev–Trinajstić information content (AvgIpc) is 2.91. The first-order valence-corrected chi connectivity index (χ1v) is 9.86. The number of hydrogen-bond donors (Lipinski definition) is 2. The lowest BCUT2D eigenvalue weighted by molar-refractivity contribution is -0.129. The zero-order chi connectivity index (χ0) is 17.7. The van der Waals surface area contributed by atoms with Gasteiger partial charge in [0.15, 0.2) is 4.34 Å². The van der Waals surface area contributed by atoms with Gasteiger partial charge < -0.3 is 10.2 Å². The highest BCUT2D eigenvalue weighted by molar-refractivity contribution is 8.01. The molecule has 1 fully saturated rings. The minimum absolute atomic E-state index is 0.141. The van der Waals surface area contributed by atoms with Crippen LogP contribution in [0.15, 0.2) is 4.34 Å². The largest absolute Gasteiger partial charge is 0.342 e. The molecule has 0 bridgehead atoms. The van der Waals surface area contributed by atoms with Crippen LogP contribution in [0, 0.1) is 5.92 Å². The molecule has 9 heteroatoms. The number of amides is 3. The van der Waals surface area contributed by atoms with Gasteiger partial charge in [0.05, 0.1) is 5.75 Å². The van der Waals surface area contributed by atoms with E-state index in [1.807, 2.05) is 25.7 Å². The van der Waals surface area contributed by atoms with E-state index in [1.54, 1.807) is 0 Å². The lowest BCUT2D eigenvalue weighted by atomic mass is 9.99. The van der Waals surface area contributed by atoms with Gasteiger partial charge in [0.25, 0.3) is 0 Å². The number of carbonyl (C=O) groups excluding carboxylic acids is 2. The van der Waals surface area contributed by atoms with Crippen molar-refractivity contribution in [3.05, 3.63) is 0 Å². The van der Waals surface area contributed by atoms with Crippen LogP contribution in [0.3, 0.4) is 0 Å². The van der Waals surface area contributed by atoms with Crippen LogP contribution in [0.25, 0.3) is 0 Å². The standard InChI is InChI=1S/C15H25N5O2S2/c1-10-5-7-20(8-6-10)11(21)9-23-14-19-18-13(24-14)16-12(22)17-15(2,3)4/h10H,5-9H2,1-4H3,(H2,16,17,18,22). The van der Waals surface area contributed by atoms with Gasteiger partial charge in [0.1, 0.15) is 0 Å². The SMILES string of the molecule is CC1CCN(C(=O)CSc2nnc(NC(=O)NC(C)(C)C)s2)CC1. The molecule has 134 valence electrons. The molecule has 0 unspecified atom stereocenters. The Hall–Kier alpha value is -1.35. The Kier molecular flexibility index (Phi) is 6.45. The number of piperidine rings is 1. The molecule has 0 aliphatic carbocycles. The molecule has 0 spiro atoms. The number of urea groups is 1. The van der Waals surface area contributed by atoms with E-state index in [2.05, 4.69) is 27.8 Å². The Morgan fingerprint density at radius 3 is 2.58 bits per heavy atom. The van der Waals surface area contributed by atoms with Crippen molar-refractivity contribution in [3.8, 4) is 0 Å². The predicted molar refractivity (Wildman–Crippen MR) is 97.5 cm³/mol. The average molecular weight is 372 g/mol. The molecule has 0 aromatic carbocycles. The molecule has 3 amide bonds. The number of thioether (sulfide) groups is 1. The summed E-state index contributed by atoms with van der Waals surface area (Å²) in [7, 11) is 0. The van der Waals surface area contributed by atoms with Gasteiger partial charge >= 0.3 is 6.03 Å². The van der Waals surface area contributed by atoms with Gasteiger partial charge in [0, 0.05) is 18.6 Å². The van der Waals surface area contributed by atoms with Gasteiger partial charge in [0.2, 0.25) is 11.0 Å². The molecule has 2 rings (SSSR count). The first-order valence-electron chi connectivity index (χ1n) is 8.06. The Morgan fingerprint density at radius 1 is 1.29 bits per heavy atom. The van der Waals surface area contributed by atoms with E-state index in [4.69, 9.17) is 0 Å². The first-order chi connectivity index (χ1) is 11.2. The van der Waals surface area contributed by atoms with E-state index in [1.165, 1.54) is 23.1 Å². The number of likely N-dealkylation sites (tertiary alicyclic amines) is 1. The summed E-state index contributed by atoms with van der Waals surface area (Å²) in [4.78, 5) is 25.9. The maximum atomic E-state index is 12.2. The van der Waals surface area contributed by atoms with E-state index in [-0.39, 0.29) is 17.5 Å². The molecule has 0 atom stereocenters. The lowest BCUT2D eigenvalue weighted by Gasteiger charge is -2.30. The van der Waals surface area contributed by atoms with Crippen molar-refractivity contribution < 1.29 is 9.59 Å². The number of hydrogen-bond acceptors (Lipinski definition) is 6. The number of anilines is 1. The van der Waals surface area contributed by atoms with Crippen LogP contribution in [0.5, 0.6) is 0 Å². The second kappa shape index (κ2) is 8.15. The molecular weight excluding hydrogens is 346 g/mol. The number of nitrogens with zero attached hydrogens (tertiary/aromatic N) is 3. The van der Waals surface area contributed by atoms with Gasteiger partial charge in [-0.15, -0.1) is 10.2 Å². The Labute approximate surface area is 151 Å². The predicted octanol–water partition coefficient (Wildman–Crippen LogP) is 2.81. The Morgan fingerprint density at radius 2 is 1.96 bits per heavy atom. The van der Waals surface area contributed by atoms with Crippen LogP contribution in [0.2, 0.25) is 0 Å². The summed E-state index contributed by atoms with van der Waals surface area (Å²) in [6.45, 7) is 9.62. The van der Waals surface area contributed by atoms with Crippen molar-refractivity contribution in [2.24, 2.45) is 5.92 Å². The van der Waals surface area contributed by atoms with Crippen molar-refractivity contribution in [2.45, 2.75) is 50.4 Å². The monoisotopic (exact) mass is 371 g/mol. The number of rotatable bonds is 4. The normalized spacial score (nSPS) is 16.1. The zero-order valence-corrected chi connectivity index (χ0v) is 16.2. The third-order valence-electron chi connectivity index (χ3n) is 3.57. The quantitative estimate of drug-likeness (QED) is 0.628. The van der Waals surface area contributed by atoms with Crippen LogP contribution in [-0.4, -0.2) is 51.4 Å². The first kappa shape index (κ1) is 19.0. The summed E-state index contributed by atoms with van der Waals surface area (Å²) in [6, 6.07) is -0.311. The van der Waals surface area contributed by atoms with Crippen LogP contribution in [-0.2, 0) is 4.79 Å². The number of aromatic nitrogens is 2. The van der Waals surface area contributed by atoms with Crippen LogP contribution >= 0.6 is 23.1 Å². The fourth-order valence-electron chi connectivity index (χ4n) is 2.26. The topological polar surface area (TPSA) is 87.2 Å². The summed E-state index contributed by atoms with van der Waals surface area (Å²) in [5.74, 6) is 1.21. The van der Waals surface area contributed by atoms with E-state index in [0.717, 1.165) is 25.9 Å². The van der Waals surface area contributed by atoms with Crippen LogP contribution in [0.4, 0.5) is 9.93 Å². The second-order valence-corrected chi connectivity index (χ2v) is 9.25. The summed E-state index contributed by atoms with van der Waals surface area (Å²) >= 11 is 2.64. The molecule has 1 aromatic heterocycles. The molecule has 2 heterocycles. The van der Waals surface area contributed by atoms with Crippen molar-refractivity contribution in [1.29, 1.82) is 0 Å². The maximum Gasteiger partial charge on any atom is 0.321 e. The molecule has 1 aliphatic heterocycles. The molecule has 0 radical (unpaired) electrons. The second-order valence-electron chi connectivity index (χ2n) is 7.05. The highest BCUT2D eigenvalue weighted by Crippen LogP contribution is 2.26.